The number of hydrogen-bond acceptors (Lipinski definition) is 3. The van der Waals surface area contributed by atoms with Crippen LogP contribution in [0.1, 0.15) is 34.5 Å². The molecule has 0 saturated carbocycles. The minimum atomic E-state index is -0.675. The zero-order valence-electron chi connectivity index (χ0n) is 16.2. The number of hydrogen-bond donors (Lipinski definition) is 0. The summed E-state index contributed by atoms with van der Waals surface area (Å²) < 4.78 is 0. The van der Waals surface area contributed by atoms with E-state index in [0.717, 1.165) is 12.0 Å². The summed E-state index contributed by atoms with van der Waals surface area (Å²) in [5.41, 5.74) is 3.45. The Balaban J connectivity index is 1.90. The van der Waals surface area contributed by atoms with Crippen molar-refractivity contribution in [2.45, 2.75) is 31.7 Å². The van der Waals surface area contributed by atoms with Crippen molar-refractivity contribution < 1.29 is 9.59 Å². The number of amides is 2. The highest BCUT2D eigenvalue weighted by Crippen LogP contribution is 2.37. The van der Waals surface area contributed by atoms with Crippen molar-refractivity contribution in [1.29, 1.82) is 0 Å². The van der Waals surface area contributed by atoms with E-state index in [9.17, 15) is 9.59 Å². The van der Waals surface area contributed by atoms with Crippen LogP contribution in [0.15, 0.2) is 48.4 Å². The molecule has 1 aromatic heterocycles. The molecule has 1 aliphatic heterocycles. The third-order valence-electron chi connectivity index (χ3n) is 5.01. The third-order valence-corrected chi connectivity index (χ3v) is 6.19. The van der Waals surface area contributed by atoms with E-state index in [2.05, 4.69) is 49.2 Å². The lowest BCUT2D eigenvalue weighted by molar-refractivity contribution is -0.141. The molecular weight excluding hydrogens is 392 g/mol. The summed E-state index contributed by atoms with van der Waals surface area (Å²) in [5, 5.41) is 1.41. The molecule has 0 fully saturated rings. The zero-order chi connectivity index (χ0) is 20.3. The van der Waals surface area contributed by atoms with Gasteiger partial charge in [-0.25, -0.2) is 0 Å². The summed E-state index contributed by atoms with van der Waals surface area (Å²) in [6.07, 6.45) is 2.46. The predicted molar refractivity (Wildman–Crippen MR) is 115 cm³/mol. The van der Waals surface area contributed by atoms with Crippen LogP contribution in [0, 0.1) is 6.92 Å². The molecule has 0 spiro atoms. The Hall–Kier alpha value is -2.11. The van der Waals surface area contributed by atoms with Crippen LogP contribution in [0.25, 0.3) is 0 Å². The molecule has 6 heteroatoms. The van der Waals surface area contributed by atoms with Crippen molar-refractivity contribution in [3.05, 3.63) is 69.9 Å². The SMILES string of the molecule is C=CCN(CC(=O)N1CCc2sccc2[C@H]1c1ccc(C)cc1)C(=O)[C@@H](C)Cl. The molecule has 148 valence electrons. The van der Waals surface area contributed by atoms with Gasteiger partial charge in [0.05, 0.1) is 6.04 Å². The number of halogens is 1. The van der Waals surface area contributed by atoms with Gasteiger partial charge in [-0.1, -0.05) is 35.9 Å². The molecule has 0 saturated heterocycles. The minimum absolute atomic E-state index is 0.00372. The van der Waals surface area contributed by atoms with Gasteiger partial charge in [0.1, 0.15) is 11.9 Å². The number of carbonyl (C=O) groups is 2. The zero-order valence-corrected chi connectivity index (χ0v) is 17.8. The fourth-order valence-electron chi connectivity index (χ4n) is 3.59. The van der Waals surface area contributed by atoms with E-state index in [-0.39, 0.29) is 24.4 Å². The van der Waals surface area contributed by atoms with E-state index < -0.39 is 5.38 Å². The maximum Gasteiger partial charge on any atom is 0.243 e. The number of benzene rings is 1. The number of aryl methyl sites for hydroxylation is 1. The van der Waals surface area contributed by atoms with Gasteiger partial charge in [0, 0.05) is 18.0 Å². The van der Waals surface area contributed by atoms with E-state index in [1.807, 2.05) is 4.90 Å². The van der Waals surface area contributed by atoms with E-state index in [1.54, 1.807) is 24.3 Å². The monoisotopic (exact) mass is 416 g/mol. The number of thiophene rings is 1. The molecule has 2 aromatic rings. The molecule has 28 heavy (non-hydrogen) atoms. The van der Waals surface area contributed by atoms with E-state index in [1.165, 1.54) is 20.9 Å². The Labute approximate surface area is 175 Å². The molecule has 4 nitrogen and oxygen atoms in total. The molecule has 1 aliphatic rings. The van der Waals surface area contributed by atoms with Gasteiger partial charge in [-0.2, -0.15) is 0 Å². The van der Waals surface area contributed by atoms with E-state index in [0.29, 0.717) is 13.1 Å². The first-order chi connectivity index (χ1) is 13.4. The van der Waals surface area contributed by atoms with Gasteiger partial charge in [-0.15, -0.1) is 29.5 Å². The van der Waals surface area contributed by atoms with Gasteiger partial charge in [0.15, 0.2) is 0 Å². The third kappa shape index (κ3) is 4.31. The Morgan fingerprint density at radius 2 is 2.07 bits per heavy atom. The first kappa shape index (κ1) is 20.6. The van der Waals surface area contributed by atoms with Crippen molar-refractivity contribution in [2.24, 2.45) is 0 Å². The molecule has 0 aliphatic carbocycles. The molecular formula is C22H25ClN2O2S. The summed E-state index contributed by atoms with van der Waals surface area (Å²) in [6, 6.07) is 10.3. The van der Waals surface area contributed by atoms with Crippen molar-refractivity contribution in [3.63, 3.8) is 0 Å². The normalized spacial score (nSPS) is 17.0. The second-order valence-electron chi connectivity index (χ2n) is 7.07. The lowest BCUT2D eigenvalue weighted by Gasteiger charge is -2.37. The Morgan fingerprint density at radius 3 is 2.71 bits per heavy atom. The highest BCUT2D eigenvalue weighted by atomic mass is 35.5. The number of fused-ring (bicyclic) bond motifs is 1. The largest absolute Gasteiger partial charge is 0.330 e. The van der Waals surface area contributed by atoms with Crippen LogP contribution in [0.5, 0.6) is 0 Å². The lowest BCUT2D eigenvalue weighted by Crippen LogP contribution is -2.48. The second-order valence-corrected chi connectivity index (χ2v) is 8.73. The van der Waals surface area contributed by atoms with Crippen LogP contribution in [0.2, 0.25) is 0 Å². The predicted octanol–water partition coefficient (Wildman–Crippen LogP) is 4.17. The standard InChI is InChI=1S/C22H25ClN2O2S/c1-4-11-24(22(27)16(3)23)14-20(26)25-12-9-19-18(10-13-28-19)21(25)17-7-5-15(2)6-8-17/h4-8,10,13,16,21H,1,9,11-12,14H2,2-3H3/t16-,21-/m1/s1. The van der Waals surface area contributed by atoms with Crippen LogP contribution in [0.3, 0.4) is 0 Å². The Morgan fingerprint density at radius 1 is 1.36 bits per heavy atom. The molecule has 0 bridgehead atoms. The topological polar surface area (TPSA) is 40.6 Å². The van der Waals surface area contributed by atoms with Crippen LogP contribution in [0.4, 0.5) is 0 Å². The molecule has 2 heterocycles. The molecule has 1 aromatic carbocycles. The Kier molecular flexibility index (Phi) is 6.57. The summed E-state index contributed by atoms with van der Waals surface area (Å²) in [6.45, 7) is 8.31. The van der Waals surface area contributed by atoms with Crippen LogP contribution < -0.4 is 0 Å². The first-order valence-electron chi connectivity index (χ1n) is 9.38. The number of rotatable bonds is 6. The molecule has 0 N–H and O–H groups in total. The van der Waals surface area contributed by atoms with Crippen LogP contribution in [-0.4, -0.2) is 46.6 Å². The maximum atomic E-state index is 13.3. The van der Waals surface area contributed by atoms with Crippen molar-refractivity contribution in [3.8, 4) is 0 Å². The highest BCUT2D eigenvalue weighted by Gasteiger charge is 2.34. The summed E-state index contributed by atoms with van der Waals surface area (Å²) in [5.74, 6) is -0.329. The average molecular weight is 417 g/mol. The smallest absolute Gasteiger partial charge is 0.243 e. The lowest BCUT2D eigenvalue weighted by atomic mass is 9.92. The van der Waals surface area contributed by atoms with Gasteiger partial charge >= 0.3 is 0 Å². The second kappa shape index (κ2) is 8.93. The summed E-state index contributed by atoms with van der Waals surface area (Å²) in [4.78, 5) is 30.3. The van der Waals surface area contributed by atoms with Crippen LogP contribution in [-0.2, 0) is 16.0 Å². The van der Waals surface area contributed by atoms with Gasteiger partial charge in [-0.3, -0.25) is 9.59 Å². The summed E-state index contributed by atoms with van der Waals surface area (Å²) in [7, 11) is 0. The first-order valence-corrected chi connectivity index (χ1v) is 10.7. The van der Waals surface area contributed by atoms with Crippen molar-refractivity contribution >= 4 is 34.8 Å². The molecule has 0 unspecified atom stereocenters. The van der Waals surface area contributed by atoms with E-state index in [4.69, 9.17) is 11.6 Å². The minimum Gasteiger partial charge on any atom is -0.330 e. The van der Waals surface area contributed by atoms with Crippen molar-refractivity contribution in [2.75, 3.05) is 19.6 Å². The number of carbonyl (C=O) groups excluding carboxylic acids is 2. The Bertz CT molecular complexity index is 860. The molecule has 2 amide bonds. The van der Waals surface area contributed by atoms with Crippen LogP contribution >= 0.6 is 22.9 Å². The van der Waals surface area contributed by atoms with E-state index >= 15 is 0 Å². The van der Waals surface area contributed by atoms with Gasteiger partial charge in [-0.05, 0) is 42.8 Å². The molecule has 2 atom stereocenters. The molecule has 3 rings (SSSR count). The molecule has 0 radical (unpaired) electrons. The average Bonchev–Trinajstić information content (AvgIpc) is 3.15. The van der Waals surface area contributed by atoms with Gasteiger partial charge < -0.3 is 9.80 Å². The maximum absolute atomic E-state index is 13.3. The fraction of sp³-hybridized carbons (Fsp3) is 0.364. The van der Waals surface area contributed by atoms with Crippen molar-refractivity contribution in [1.82, 2.24) is 9.80 Å². The van der Waals surface area contributed by atoms with Gasteiger partial charge in [0.2, 0.25) is 11.8 Å². The quantitative estimate of drug-likeness (QED) is 0.523. The number of alkyl halides is 1. The number of nitrogens with zero attached hydrogens (tertiary/aromatic N) is 2. The van der Waals surface area contributed by atoms with Gasteiger partial charge in [0.25, 0.3) is 0 Å². The highest BCUT2D eigenvalue weighted by molar-refractivity contribution is 7.10. The fourth-order valence-corrected chi connectivity index (χ4v) is 4.63. The summed E-state index contributed by atoms with van der Waals surface area (Å²) >= 11 is 7.71.